The van der Waals surface area contributed by atoms with Crippen molar-refractivity contribution in [2.45, 2.75) is 51.6 Å². The Morgan fingerprint density at radius 2 is 2.21 bits per heavy atom. The maximum atomic E-state index is 3.62. The van der Waals surface area contributed by atoms with Crippen molar-refractivity contribution in [3.8, 4) is 0 Å². The average molecular weight is 254 g/mol. The largest absolute Gasteiger partial charge is 0.345 e. The zero-order valence-corrected chi connectivity index (χ0v) is 11.7. The highest BCUT2D eigenvalue weighted by molar-refractivity contribution is 5.85. The van der Waals surface area contributed by atoms with Gasteiger partial charge < -0.3 is 9.88 Å². The van der Waals surface area contributed by atoms with Crippen molar-refractivity contribution in [2.24, 2.45) is 0 Å². The number of rotatable bonds is 2. The number of benzene rings is 1. The predicted molar refractivity (Wildman–Crippen MR) is 79.7 cm³/mol. The van der Waals surface area contributed by atoms with E-state index < -0.39 is 0 Å². The summed E-state index contributed by atoms with van der Waals surface area (Å²) in [7, 11) is 0. The van der Waals surface area contributed by atoms with E-state index in [2.05, 4.69) is 35.0 Å². The molecule has 0 radical (unpaired) electrons. The van der Waals surface area contributed by atoms with Crippen molar-refractivity contribution in [1.82, 2.24) is 9.88 Å². The molecule has 1 aromatic heterocycles. The summed E-state index contributed by atoms with van der Waals surface area (Å²) in [5.74, 6) is 0. The van der Waals surface area contributed by atoms with Crippen LogP contribution in [0.3, 0.4) is 0 Å². The Balaban J connectivity index is 1.77. The van der Waals surface area contributed by atoms with Crippen LogP contribution >= 0.6 is 0 Å². The van der Waals surface area contributed by atoms with Crippen LogP contribution in [-0.4, -0.2) is 17.2 Å². The van der Waals surface area contributed by atoms with Gasteiger partial charge in [0.05, 0.1) is 5.52 Å². The molecule has 1 aromatic carbocycles. The SMILES string of the molecule is Cc1cc2cc(CC3CCCN3)cc3c2n1CCC3. The zero-order chi connectivity index (χ0) is 12.8. The molecule has 2 heteroatoms. The van der Waals surface area contributed by atoms with Gasteiger partial charge in [0.25, 0.3) is 0 Å². The smallest absolute Gasteiger partial charge is 0.0515 e. The van der Waals surface area contributed by atoms with Crippen molar-refractivity contribution < 1.29 is 0 Å². The van der Waals surface area contributed by atoms with E-state index in [1.807, 2.05) is 0 Å². The molecule has 0 saturated carbocycles. The first-order valence-corrected chi connectivity index (χ1v) is 7.66. The van der Waals surface area contributed by atoms with Crippen molar-refractivity contribution in [3.05, 3.63) is 35.0 Å². The Labute approximate surface area is 114 Å². The van der Waals surface area contributed by atoms with Crippen LogP contribution in [0, 0.1) is 6.92 Å². The third kappa shape index (κ3) is 1.90. The van der Waals surface area contributed by atoms with Crippen LogP contribution in [0.1, 0.15) is 36.1 Å². The average Bonchev–Trinajstić information content (AvgIpc) is 3.00. The summed E-state index contributed by atoms with van der Waals surface area (Å²) in [4.78, 5) is 0. The lowest BCUT2D eigenvalue weighted by Crippen LogP contribution is -2.23. The van der Waals surface area contributed by atoms with E-state index in [9.17, 15) is 0 Å². The van der Waals surface area contributed by atoms with E-state index in [4.69, 9.17) is 0 Å². The van der Waals surface area contributed by atoms with Crippen molar-refractivity contribution in [1.29, 1.82) is 0 Å². The van der Waals surface area contributed by atoms with Gasteiger partial charge >= 0.3 is 0 Å². The summed E-state index contributed by atoms with van der Waals surface area (Å²) >= 11 is 0. The van der Waals surface area contributed by atoms with Crippen LogP contribution in [0.2, 0.25) is 0 Å². The van der Waals surface area contributed by atoms with Gasteiger partial charge in [0.15, 0.2) is 0 Å². The van der Waals surface area contributed by atoms with Gasteiger partial charge in [0, 0.05) is 23.7 Å². The van der Waals surface area contributed by atoms with Crippen molar-refractivity contribution in [2.75, 3.05) is 6.54 Å². The molecule has 0 amide bonds. The van der Waals surface area contributed by atoms with E-state index in [0.29, 0.717) is 6.04 Å². The van der Waals surface area contributed by atoms with Crippen molar-refractivity contribution in [3.63, 3.8) is 0 Å². The number of aryl methyl sites for hydroxylation is 3. The van der Waals surface area contributed by atoms with Crippen LogP contribution in [0.4, 0.5) is 0 Å². The summed E-state index contributed by atoms with van der Waals surface area (Å²) in [6, 6.07) is 7.97. The topological polar surface area (TPSA) is 17.0 Å². The molecule has 3 heterocycles. The summed E-state index contributed by atoms with van der Waals surface area (Å²) in [6.07, 6.45) is 6.43. The lowest BCUT2D eigenvalue weighted by atomic mass is 9.96. The molecule has 1 atom stereocenters. The van der Waals surface area contributed by atoms with Gasteiger partial charge in [-0.25, -0.2) is 0 Å². The summed E-state index contributed by atoms with van der Waals surface area (Å²) in [6.45, 7) is 4.65. The molecule has 1 unspecified atom stereocenters. The maximum absolute atomic E-state index is 3.62. The minimum atomic E-state index is 0.705. The molecule has 19 heavy (non-hydrogen) atoms. The Hall–Kier alpha value is -1.28. The number of aromatic nitrogens is 1. The molecule has 0 aliphatic carbocycles. The van der Waals surface area contributed by atoms with Crippen LogP contribution in [0.15, 0.2) is 18.2 Å². The molecular formula is C17H22N2. The Bertz CT molecular complexity index is 618. The summed E-state index contributed by atoms with van der Waals surface area (Å²) in [5.41, 5.74) is 6.03. The van der Waals surface area contributed by atoms with Gasteiger partial charge in [-0.1, -0.05) is 6.07 Å². The Morgan fingerprint density at radius 1 is 1.26 bits per heavy atom. The molecular weight excluding hydrogens is 232 g/mol. The van der Waals surface area contributed by atoms with Crippen LogP contribution in [0.5, 0.6) is 0 Å². The second kappa shape index (κ2) is 4.38. The summed E-state index contributed by atoms with van der Waals surface area (Å²) in [5, 5.41) is 5.08. The third-order valence-corrected chi connectivity index (χ3v) is 4.81. The first-order valence-electron chi connectivity index (χ1n) is 7.66. The minimum absolute atomic E-state index is 0.705. The van der Waals surface area contributed by atoms with Gasteiger partial charge in [0.2, 0.25) is 0 Å². The zero-order valence-electron chi connectivity index (χ0n) is 11.7. The first kappa shape index (κ1) is 11.5. The molecule has 0 bridgehead atoms. The quantitative estimate of drug-likeness (QED) is 0.871. The monoisotopic (exact) mass is 254 g/mol. The molecule has 1 fully saturated rings. The molecule has 1 saturated heterocycles. The van der Waals surface area contributed by atoms with E-state index >= 15 is 0 Å². The lowest BCUT2D eigenvalue weighted by Gasteiger charge is -2.19. The molecule has 100 valence electrons. The highest BCUT2D eigenvalue weighted by atomic mass is 15.0. The van der Waals surface area contributed by atoms with Gasteiger partial charge in [-0.2, -0.15) is 0 Å². The van der Waals surface area contributed by atoms with E-state index in [1.54, 1.807) is 5.56 Å². The fraction of sp³-hybridized carbons (Fsp3) is 0.529. The molecule has 2 aliphatic rings. The van der Waals surface area contributed by atoms with Gasteiger partial charge in [-0.3, -0.25) is 0 Å². The normalized spacial score (nSPS) is 22.3. The van der Waals surface area contributed by atoms with Crippen LogP contribution in [0.25, 0.3) is 10.9 Å². The number of hydrogen-bond acceptors (Lipinski definition) is 1. The maximum Gasteiger partial charge on any atom is 0.0515 e. The highest BCUT2D eigenvalue weighted by Gasteiger charge is 2.18. The molecule has 1 N–H and O–H groups in total. The van der Waals surface area contributed by atoms with Crippen LogP contribution < -0.4 is 5.32 Å². The van der Waals surface area contributed by atoms with E-state index in [1.165, 1.54) is 67.4 Å². The van der Waals surface area contributed by atoms with Gasteiger partial charge in [0.1, 0.15) is 0 Å². The number of hydrogen-bond donors (Lipinski definition) is 1. The molecule has 2 aliphatic heterocycles. The van der Waals surface area contributed by atoms with Crippen LogP contribution in [-0.2, 0) is 19.4 Å². The fourth-order valence-electron chi connectivity index (χ4n) is 3.95. The van der Waals surface area contributed by atoms with E-state index in [-0.39, 0.29) is 0 Å². The second-order valence-electron chi connectivity index (χ2n) is 6.23. The molecule has 2 aromatic rings. The first-order chi connectivity index (χ1) is 9.31. The minimum Gasteiger partial charge on any atom is -0.345 e. The van der Waals surface area contributed by atoms with Gasteiger partial charge in [-0.05, 0) is 68.8 Å². The molecule has 2 nitrogen and oxygen atoms in total. The second-order valence-corrected chi connectivity index (χ2v) is 6.23. The van der Waals surface area contributed by atoms with E-state index in [0.717, 1.165) is 0 Å². The van der Waals surface area contributed by atoms with Crippen molar-refractivity contribution >= 4 is 10.9 Å². The molecule has 0 spiro atoms. The number of nitrogens with zero attached hydrogens (tertiary/aromatic N) is 1. The predicted octanol–water partition coefficient (Wildman–Crippen LogP) is 3.19. The van der Waals surface area contributed by atoms with Gasteiger partial charge in [-0.15, -0.1) is 0 Å². The fourth-order valence-corrected chi connectivity index (χ4v) is 3.95. The lowest BCUT2D eigenvalue weighted by molar-refractivity contribution is 0.600. The Kier molecular flexibility index (Phi) is 2.66. The number of nitrogens with one attached hydrogen (secondary N) is 1. The summed E-state index contributed by atoms with van der Waals surface area (Å²) < 4.78 is 2.51. The standard InChI is InChI=1S/C17H22N2/c1-12-8-15-10-13(11-16-5-2-6-18-16)9-14-4-3-7-19(12)17(14)15/h8-10,16,18H,2-7,11H2,1H3. The molecule has 4 rings (SSSR count). The Morgan fingerprint density at radius 3 is 3.05 bits per heavy atom. The third-order valence-electron chi connectivity index (χ3n) is 4.81. The highest BCUT2D eigenvalue weighted by Crippen LogP contribution is 2.30.